The molecule has 0 aliphatic heterocycles. The van der Waals surface area contributed by atoms with Gasteiger partial charge in [0.05, 0.1) is 11.4 Å². The van der Waals surface area contributed by atoms with E-state index in [1.54, 1.807) is 0 Å². The molecule has 0 saturated heterocycles. The van der Waals surface area contributed by atoms with Gasteiger partial charge >= 0.3 is 29.6 Å². The van der Waals surface area contributed by atoms with Crippen LogP contribution in [0.15, 0.2) is 0 Å². The average Bonchev–Trinajstić information content (AvgIpc) is 1.61. The molecule has 4 nitrogen and oxygen atoms in total. The van der Waals surface area contributed by atoms with Gasteiger partial charge in [-0.15, -0.1) is 0 Å². The van der Waals surface area contributed by atoms with Crippen molar-refractivity contribution in [2.75, 3.05) is 6.61 Å². The van der Waals surface area contributed by atoms with Crippen molar-refractivity contribution in [1.29, 1.82) is 0 Å². The minimum atomic E-state index is -2.56. The van der Waals surface area contributed by atoms with E-state index in [4.69, 9.17) is 0 Å². The van der Waals surface area contributed by atoms with Gasteiger partial charge in [0.2, 0.25) is 0 Å². The molecule has 0 bridgehead atoms. The zero-order chi connectivity index (χ0) is 6.57. The van der Waals surface area contributed by atoms with E-state index in [-0.39, 0.29) is 41.9 Å². The van der Waals surface area contributed by atoms with Crippen molar-refractivity contribution < 1.29 is 47.3 Å². The number of carbonyl (C=O) groups is 1. The molecule has 9 heavy (non-hydrogen) atoms. The van der Waals surface area contributed by atoms with Crippen LogP contribution in [0.3, 0.4) is 0 Å². The Bertz CT molecular complexity index is 100. The van der Waals surface area contributed by atoms with Crippen LogP contribution < -0.4 is 29.6 Å². The molecule has 0 heterocycles. The van der Waals surface area contributed by atoms with Crippen molar-refractivity contribution in [3.8, 4) is 0 Å². The molecular formula is C3H5NaO4S. The van der Waals surface area contributed by atoms with Gasteiger partial charge in [-0.05, 0) is 6.92 Å². The third-order valence-electron chi connectivity index (χ3n) is 0.358. The molecule has 48 valence electrons. The Balaban J connectivity index is 0. The molecule has 0 aromatic heterocycles. The molecule has 6 heteroatoms. The van der Waals surface area contributed by atoms with Gasteiger partial charge in [-0.1, -0.05) is 0 Å². The third kappa shape index (κ3) is 12.1. The molecule has 0 rings (SSSR count). The fourth-order valence-corrected chi connectivity index (χ4v) is 0.393. The first-order valence-corrected chi connectivity index (χ1v) is 2.85. The molecule has 0 fully saturated rings. The molecule has 0 radical (unpaired) electrons. The van der Waals surface area contributed by atoms with Crippen LogP contribution in [0.25, 0.3) is 0 Å². The van der Waals surface area contributed by atoms with Gasteiger partial charge in [0.1, 0.15) is 6.61 Å². The van der Waals surface area contributed by atoms with E-state index in [2.05, 4.69) is 4.18 Å². The summed E-state index contributed by atoms with van der Waals surface area (Å²) in [5.41, 5.74) is 0. The maximum atomic E-state index is 9.95. The number of carbonyl (C=O) groups excluding carboxylic acids is 1. The van der Waals surface area contributed by atoms with E-state index in [0.717, 1.165) is 0 Å². The fourth-order valence-electron chi connectivity index (χ4n) is 0.131. The smallest absolute Gasteiger partial charge is 0.750 e. The Labute approximate surface area is 77.7 Å². The molecule has 0 aliphatic carbocycles. The van der Waals surface area contributed by atoms with E-state index < -0.39 is 11.4 Å². The number of Topliss-reactive ketones (excluding diaryl/α,β-unsaturated/α-hetero) is 1. The Morgan fingerprint density at radius 2 is 2.22 bits per heavy atom. The predicted molar refractivity (Wildman–Crippen MR) is 25.6 cm³/mol. The second-order valence-electron chi connectivity index (χ2n) is 1.17. The number of rotatable bonds is 3. The molecule has 1 atom stereocenters. The predicted octanol–water partition coefficient (Wildman–Crippen LogP) is -3.61. The first-order chi connectivity index (χ1) is 3.63. The van der Waals surface area contributed by atoms with Gasteiger partial charge in [-0.25, -0.2) is 4.21 Å². The quantitative estimate of drug-likeness (QED) is 0.316. The molecular weight excluding hydrogens is 155 g/mol. The Morgan fingerprint density at radius 3 is 2.33 bits per heavy atom. The summed E-state index contributed by atoms with van der Waals surface area (Å²) in [6.07, 6.45) is 0. The normalized spacial score (nSPS) is 11.8. The first-order valence-electron chi connectivity index (χ1n) is 1.85. The van der Waals surface area contributed by atoms with Crippen molar-refractivity contribution in [1.82, 2.24) is 0 Å². The summed E-state index contributed by atoms with van der Waals surface area (Å²) in [6, 6.07) is 0. The molecule has 0 aromatic carbocycles. The zero-order valence-electron chi connectivity index (χ0n) is 5.25. The second-order valence-corrected chi connectivity index (χ2v) is 1.81. The van der Waals surface area contributed by atoms with E-state index >= 15 is 0 Å². The van der Waals surface area contributed by atoms with Crippen molar-refractivity contribution in [2.24, 2.45) is 0 Å². The number of ketones is 1. The molecule has 0 aromatic rings. The summed E-state index contributed by atoms with van der Waals surface area (Å²) in [5, 5.41) is 0. The van der Waals surface area contributed by atoms with Gasteiger partial charge in [-0.3, -0.25) is 8.98 Å². The summed E-state index contributed by atoms with van der Waals surface area (Å²) in [7, 11) is 0. The van der Waals surface area contributed by atoms with Crippen molar-refractivity contribution in [3.63, 3.8) is 0 Å². The maximum Gasteiger partial charge on any atom is 1.00 e. The van der Waals surface area contributed by atoms with Crippen molar-refractivity contribution in [2.45, 2.75) is 6.92 Å². The van der Waals surface area contributed by atoms with E-state index in [1.807, 2.05) is 0 Å². The monoisotopic (exact) mass is 160 g/mol. The van der Waals surface area contributed by atoms with Crippen LogP contribution in [0.2, 0.25) is 0 Å². The van der Waals surface area contributed by atoms with Crippen LogP contribution >= 0.6 is 0 Å². The van der Waals surface area contributed by atoms with Crippen LogP contribution in [0.1, 0.15) is 6.92 Å². The van der Waals surface area contributed by atoms with Crippen LogP contribution in [-0.4, -0.2) is 21.2 Å². The molecule has 0 N–H and O–H groups in total. The average molecular weight is 160 g/mol. The van der Waals surface area contributed by atoms with Crippen LogP contribution in [0.4, 0.5) is 0 Å². The number of hydrogen-bond acceptors (Lipinski definition) is 4. The maximum absolute atomic E-state index is 9.95. The van der Waals surface area contributed by atoms with Crippen molar-refractivity contribution >= 4 is 17.1 Å². The summed E-state index contributed by atoms with van der Waals surface area (Å²) >= 11 is -2.56. The van der Waals surface area contributed by atoms with Gasteiger partial charge in [0.25, 0.3) is 0 Å². The second kappa shape index (κ2) is 6.85. The Morgan fingerprint density at radius 1 is 1.78 bits per heavy atom. The summed E-state index contributed by atoms with van der Waals surface area (Å²) in [6.45, 7) is 0.878. The Hall–Kier alpha value is 0.740. The molecule has 0 spiro atoms. The van der Waals surface area contributed by atoms with Crippen LogP contribution in [0.5, 0.6) is 0 Å². The molecule has 0 amide bonds. The van der Waals surface area contributed by atoms with E-state index in [0.29, 0.717) is 0 Å². The molecule has 0 saturated carbocycles. The van der Waals surface area contributed by atoms with E-state index in [9.17, 15) is 13.6 Å². The summed E-state index contributed by atoms with van der Waals surface area (Å²) < 4.78 is 22.9. The standard InChI is InChI=1S/C3H6O4S.Na/c1-3(4)2-7-8(5)6;/h2H2,1H3,(H,5,6);/q;+1/p-1. The molecule has 1 unspecified atom stereocenters. The van der Waals surface area contributed by atoms with Gasteiger partial charge in [-0.2, -0.15) is 0 Å². The number of hydrogen-bond donors (Lipinski definition) is 0. The van der Waals surface area contributed by atoms with Crippen LogP contribution in [-0.2, 0) is 20.3 Å². The largest absolute Gasteiger partial charge is 1.00 e. The van der Waals surface area contributed by atoms with Gasteiger partial charge in [0, 0.05) is 0 Å². The third-order valence-corrected chi connectivity index (χ3v) is 0.669. The minimum Gasteiger partial charge on any atom is -0.750 e. The Kier molecular flexibility index (Phi) is 9.46. The topological polar surface area (TPSA) is 66.4 Å². The van der Waals surface area contributed by atoms with Gasteiger partial charge < -0.3 is 4.55 Å². The van der Waals surface area contributed by atoms with Crippen LogP contribution in [0, 0.1) is 0 Å². The van der Waals surface area contributed by atoms with E-state index in [1.165, 1.54) is 6.92 Å². The fraction of sp³-hybridized carbons (Fsp3) is 0.667. The first kappa shape index (κ1) is 12.4. The molecule has 0 aliphatic rings. The zero-order valence-corrected chi connectivity index (χ0v) is 8.06. The summed E-state index contributed by atoms with van der Waals surface area (Å²) in [4.78, 5) is 9.95. The summed E-state index contributed by atoms with van der Waals surface area (Å²) in [5.74, 6) is -0.311. The minimum absolute atomic E-state index is 0. The van der Waals surface area contributed by atoms with Gasteiger partial charge in [0.15, 0.2) is 5.78 Å². The SMILES string of the molecule is CC(=O)COS(=O)[O-].[Na+]. The van der Waals surface area contributed by atoms with Crippen molar-refractivity contribution in [3.05, 3.63) is 0 Å².